The van der Waals surface area contributed by atoms with Crippen molar-refractivity contribution in [3.63, 3.8) is 0 Å². The molecule has 0 bridgehead atoms. The number of hydrogen-bond acceptors (Lipinski definition) is 2. The highest BCUT2D eigenvalue weighted by molar-refractivity contribution is 5.70. The van der Waals surface area contributed by atoms with E-state index < -0.39 is 5.97 Å². The molecule has 1 aliphatic rings. The van der Waals surface area contributed by atoms with E-state index in [1.807, 2.05) is 0 Å². The molecule has 112 valence electrons. The Kier molecular flexibility index (Phi) is 6.84. The van der Waals surface area contributed by atoms with E-state index in [9.17, 15) is 9.90 Å². The van der Waals surface area contributed by atoms with Crippen molar-refractivity contribution in [2.75, 3.05) is 6.54 Å². The number of carboxylic acid groups (broad SMARTS) is 1. The molecule has 2 atom stereocenters. The van der Waals surface area contributed by atoms with Crippen molar-refractivity contribution in [3.05, 3.63) is 0 Å². The van der Waals surface area contributed by atoms with Gasteiger partial charge in [0.15, 0.2) is 0 Å². The van der Waals surface area contributed by atoms with Crippen molar-refractivity contribution >= 4 is 5.97 Å². The molecular weight excluding hydrogens is 238 g/mol. The fraction of sp³-hybridized carbons (Fsp3) is 0.938. The van der Waals surface area contributed by atoms with Gasteiger partial charge in [0.05, 0.1) is 5.92 Å². The number of carboxylic acids is 1. The lowest BCUT2D eigenvalue weighted by Gasteiger charge is -2.25. The van der Waals surface area contributed by atoms with E-state index in [0.29, 0.717) is 23.8 Å². The number of hydrogen-bond donors (Lipinski definition) is 2. The summed E-state index contributed by atoms with van der Waals surface area (Å²) < 4.78 is 0. The lowest BCUT2D eigenvalue weighted by Crippen LogP contribution is -2.37. The van der Waals surface area contributed by atoms with Crippen LogP contribution in [0.4, 0.5) is 0 Å². The average molecular weight is 269 g/mol. The third-order valence-corrected chi connectivity index (χ3v) is 4.16. The topological polar surface area (TPSA) is 49.3 Å². The molecule has 3 nitrogen and oxygen atoms in total. The quantitative estimate of drug-likeness (QED) is 0.708. The molecule has 2 N–H and O–H groups in total. The second-order valence-electron chi connectivity index (χ2n) is 7.00. The van der Waals surface area contributed by atoms with Crippen LogP contribution in [0.2, 0.25) is 0 Å². The second kappa shape index (κ2) is 7.88. The fourth-order valence-electron chi connectivity index (χ4n) is 3.33. The van der Waals surface area contributed by atoms with E-state index >= 15 is 0 Å². The standard InChI is InChI=1S/C16H31NO2/c1-11(2)8-14(9-12(3)4)17-10-13-6-5-7-15(13)16(18)19/h11-15,17H,5-10H2,1-4H3,(H,18,19). The molecule has 0 saturated heterocycles. The minimum absolute atomic E-state index is 0.119. The number of carbonyl (C=O) groups is 1. The minimum Gasteiger partial charge on any atom is -0.481 e. The predicted molar refractivity (Wildman–Crippen MR) is 79.2 cm³/mol. The number of nitrogens with one attached hydrogen (secondary N) is 1. The summed E-state index contributed by atoms with van der Waals surface area (Å²) in [5.74, 6) is 0.990. The van der Waals surface area contributed by atoms with Gasteiger partial charge in [0.25, 0.3) is 0 Å². The largest absolute Gasteiger partial charge is 0.481 e. The Balaban J connectivity index is 2.43. The van der Waals surface area contributed by atoms with Gasteiger partial charge < -0.3 is 10.4 Å². The summed E-state index contributed by atoms with van der Waals surface area (Å²) in [5.41, 5.74) is 0. The SMILES string of the molecule is CC(C)CC(CC(C)C)NCC1CCCC1C(=O)O. The van der Waals surface area contributed by atoms with Crippen molar-refractivity contribution in [1.29, 1.82) is 0 Å². The molecule has 0 radical (unpaired) electrons. The van der Waals surface area contributed by atoms with Crippen LogP contribution in [-0.4, -0.2) is 23.7 Å². The van der Waals surface area contributed by atoms with Crippen molar-refractivity contribution in [2.24, 2.45) is 23.7 Å². The molecule has 1 fully saturated rings. The molecule has 0 aromatic heterocycles. The summed E-state index contributed by atoms with van der Waals surface area (Å²) in [5, 5.41) is 12.9. The van der Waals surface area contributed by atoms with Crippen LogP contribution in [0.1, 0.15) is 59.8 Å². The molecule has 3 heteroatoms. The molecule has 1 saturated carbocycles. The summed E-state index contributed by atoms with van der Waals surface area (Å²) in [6.45, 7) is 9.89. The normalized spacial score (nSPS) is 23.7. The number of rotatable bonds is 8. The first kappa shape index (κ1) is 16.5. The van der Waals surface area contributed by atoms with Gasteiger partial charge in [-0.15, -0.1) is 0 Å². The maximum Gasteiger partial charge on any atom is 0.306 e. The molecule has 1 aliphatic carbocycles. The Hall–Kier alpha value is -0.570. The lowest BCUT2D eigenvalue weighted by molar-refractivity contribution is -0.142. The molecular formula is C16H31NO2. The van der Waals surface area contributed by atoms with E-state index in [2.05, 4.69) is 33.0 Å². The highest BCUT2D eigenvalue weighted by Gasteiger charge is 2.32. The van der Waals surface area contributed by atoms with Gasteiger partial charge in [-0.1, -0.05) is 34.1 Å². The maximum atomic E-state index is 11.2. The molecule has 0 amide bonds. The van der Waals surface area contributed by atoms with Crippen LogP contribution in [0.15, 0.2) is 0 Å². The van der Waals surface area contributed by atoms with E-state index in [1.165, 1.54) is 12.8 Å². The van der Waals surface area contributed by atoms with E-state index in [0.717, 1.165) is 25.8 Å². The van der Waals surface area contributed by atoms with Crippen molar-refractivity contribution in [1.82, 2.24) is 5.32 Å². The van der Waals surface area contributed by atoms with Crippen molar-refractivity contribution < 1.29 is 9.90 Å². The Bertz CT molecular complexity index is 266. The van der Waals surface area contributed by atoms with Crippen LogP contribution < -0.4 is 5.32 Å². The molecule has 0 heterocycles. The predicted octanol–water partition coefficient (Wildman–Crippen LogP) is 3.54. The molecule has 0 spiro atoms. The van der Waals surface area contributed by atoms with Crippen LogP contribution in [0.5, 0.6) is 0 Å². The molecule has 2 unspecified atom stereocenters. The molecule has 1 rings (SSSR count). The third kappa shape index (κ3) is 5.94. The summed E-state index contributed by atoms with van der Waals surface area (Å²) >= 11 is 0. The Labute approximate surface area is 118 Å². The molecule has 0 aromatic carbocycles. The van der Waals surface area contributed by atoms with Gasteiger partial charge in [-0.25, -0.2) is 0 Å². The molecule has 19 heavy (non-hydrogen) atoms. The Morgan fingerprint density at radius 2 is 1.74 bits per heavy atom. The fourth-order valence-corrected chi connectivity index (χ4v) is 3.33. The van der Waals surface area contributed by atoms with Gasteiger partial charge in [-0.05, 0) is 50.0 Å². The van der Waals surface area contributed by atoms with Crippen molar-refractivity contribution in [2.45, 2.75) is 65.8 Å². The van der Waals surface area contributed by atoms with Gasteiger partial charge in [-0.2, -0.15) is 0 Å². The van der Waals surface area contributed by atoms with Crippen LogP contribution in [-0.2, 0) is 4.79 Å². The highest BCUT2D eigenvalue weighted by Crippen LogP contribution is 2.31. The average Bonchev–Trinajstić information content (AvgIpc) is 2.72. The Morgan fingerprint density at radius 1 is 1.16 bits per heavy atom. The highest BCUT2D eigenvalue weighted by atomic mass is 16.4. The van der Waals surface area contributed by atoms with Gasteiger partial charge in [0.2, 0.25) is 0 Å². The van der Waals surface area contributed by atoms with Gasteiger partial charge in [0.1, 0.15) is 0 Å². The lowest BCUT2D eigenvalue weighted by atomic mass is 9.93. The second-order valence-corrected chi connectivity index (χ2v) is 7.00. The third-order valence-electron chi connectivity index (χ3n) is 4.16. The maximum absolute atomic E-state index is 11.2. The van der Waals surface area contributed by atoms with Crippen LogP contribution in [0.3, 0.4) is 0 Å². The molecule has 0 aliphatic heterocycles. The van der Waals surface area contributed by atoms with E-state index in [1.54, 1.807) is 0 Å². The summed E-state index contributed by atoms with van der Waals surface area (Å²) in [7, 11) is 0. The van der Waals surface area contributed by atoms with Crippen LogP contribution in [0, 0.1) is 23.7 Å². The minimum atomic E-state index is -0.603. The zero-order chi connectivity index (χ0) is 14.4. The summed E-state index contributed by atoms with van der Waals surface area (Å²) in [6, 6.07) is 0.537. The first-order chi connectivity index (χ1) is 8.90. The van der Waals surface area contributed by atoms with Crippen LogP contribution >= 0.6 is 0 Å². The summed E-state index contributed by atoms with van der Waals surface area (Å²) in [4.78, 5) is 11.2. The first-order valence-electron chi connectivity index (χ1n) is 7.86. The van der Waals surface area contributed by atoms with Gasteiger partial charge >= 0.3 is 5.97 Å². The zero-order valence-electron chi connectivity index (χ0n) is 13.0. The van der Waals surface area contributed by atoms with Crippen LogP contribution in [0.25, 0.3) is 0 Å². The smallest absolute Gasteiger partial charge is 0.306 e. The first-order valence-corrected chi connectivity index (χ1v) is 7.86. The monoisotopic (exact) mass is 269 g/mol. The van der Waals surface area contributed by atoms with Gasteiger partial charge in [-0.3, -0.25) is 4.79 Å². The Morgan fingerprint density at radius 3 is 2.21 bits per heavy atom. The van der Waals surface area contributed by atoms with Crippen molar-refractivity contribution in [3.8, 4) is 0 Å². The molecule has 0 aromatic rings. The zero-order valence-corrected chi connectivity index (χ0v) is 13.0. The van der Waals surface area contributed by atoms with E-state index in [-0.39, 0.29) is 5.92 Å². The number of aliphatic carboxylic acids is 1. The van der Waals surface area contributed by atoms with E-state index in [4.69, 9.17) is 0 Å². The summed E-state index contributed by atoms with van der Waals surface area (Å²) in [6.07, 6.45) is 5.37. The van der Waals surface area contributed by atoms with Gasteiger partial charge in [0, 0.05) is 6.04 Å².